The molecule has 2 heterocycles. The Morgan fingerprint density at radius 3 is 2.50 bits per heavy atom. The Morgan fingerprint density at radius 1 is 1.09 bits per heavy atom. The van der Waals surface area contributed by atoms with Gasteiger partial charge in [-0.25, -0.2) is 17.6 Å². The molecular weight excluding hydrogens is 439 g/mol. The highest BCUT2D eigenvalue weighted by Gasteiger charge is 2.26. The molecule has 1 aromatic heterocycles. The largest absolute Gasteiger partial charge is 0.496 e. The normalized spacial score (nSPS) is 15.6. The van der Waals surface area contributed by atoms with Gasteiger partial charge in [0.25, 0.3) is 0 Å². The van der Waals surface area contributed by atoms with Crippen LogP contribution in [0.5, 0.6) is 5.75 Å². The Hall–Kier alpha value is -2.98. The van der Waals surface area contributed by atoms with E-state index in [9.17, 15) is 22.4 Å². The Bertz CT molecular complexity index is 1320. The minimum atomic E-state index is -3.72. The maximum atomic E-state index is 13.6. The quantitative estimate of drug-likeness (QED) is 0.522. The summed E-state index contributed by atoms with van der Waals surface area (Å²) in [4.78, 5) is 25.2. The van der Waals surface area contributed by atoms with Crippen LogP contribution < -0.4 is 10.5 Å². The lowest BCUT2D eigenvalue weighted by molar-refractivity contribution is 0.0967. The summed E-state index contributed by atoms with van der Waals surface area (Å²) in [5.74, 6) is -1.79. The van der Waals surface area contributed by atoms with Crippen LogP contribution in [0, 0.1) is 5.82 Å². The molecule has 1 aliphatic rings. The number of Topliss-reactive ketones (excluding diaryl/α,β-unsaturated/α-hetero) is 1. The van der Waals surface area contributed by atoms with E-state index in [0.717, 1.165) is 36.3 Å². The predicted octanol–water partition coefficient (Wildman–Crippen LogP) is 3.19. The van der Waals surface area contributed by atoms with Gasteiger partial charge >= 0.3 is 5.76 Å². The van der Waals surface area contributed by atoms with Gasteiger partial charge in [0.2, 0.25) is 10.0 Å². The maximum absolute atomic E-state index is 13.6. The number of nitrogens with zero attached hydrogens (tertiary/aromatic N) is 2. The van der Waals surface area contributed by atoms with Crippen molar-refractivity contribution in [3.63, 3.8) is 0 Å². The molecule has 0 amide bonds. The first-order valence-electron chi connectivity index (χ1n) is 10.3. The summed E-state index contributed by atoms with van der Waals surface area (Å²) >= 11 is 0. The molecule has 170 valence electrons. The second-order valence-corrected chi connectivity index (χ2v) is 9.61. The molecule has 8 nitrogen and oxygen atoms in total. The van der Waals surface area contributed by atoms with E-state index in [1.165, 1.54) is 41.7 Å². The van der Waals surface area contributed by atoms with E-state index in [0.29, 0.717) is 13.1 Å². The van der Waals surface area contributed by atoms with Gasteiger partial charge in [-0.1, -0.05) is 12.8 Å². The van der Waals surface area contributed by atoms with E-state index < -0.39 is 33.9 Å². The number of aromatic nitrogens is 1. The van der Waals surface area contributed by atoms with E-state index >= 15 is 0 Å². The van der Waals surface area contributed by atoms with Crippen molar-refractivity contribution in [1.82, 2.24) is 8.87 Å². The Labute approximate surface area is 184 Å². The van der Waals surface area contributed by atoms with Crippen LogP contribution in [0.3, 0.4) is 0 Å². The molecule has 3 aromatic rings. The van der Waals surface area contributed by atoms with Crippen LogP contribution in [0.2, 0.25) is 0 Å². The van der Waals surface area contributed by atoms with Crippen LogP contribution >= 0.6 is 0 Å². The molecule has 2 aromatic carbocycles. The van der Waals surface area contributed by atoms with Gasteiger partial charge in [0.05, 0.1) is 29.6 Å². The van der Waals surface area contributed by atoms with Crippen molar-refractivity contribution in [2.24, 2.45) is 0 Å². The second kappa shape index (κ2) is 8.87. The number of halogens is 1. The van der Waals surface area contributed by atoms with Crippen LogP contribution in [-0.2, 0) is 16.6 Å². The minimum Gasteiger partial charge on any atom is -0.496 e. The monoisotopic (exact) mass is 462 g/mol. The van der Waals surface area contributed by atoms with E-state index in [1.807, 2.05) is 0 Å². The first-order chi connectivity index (χ1) is 15.3. The summed E-state index contributed by atoms with van der Waals surface area (Å²) in [5, 5.41) is 0. The van der Waals surface area contributed by atoms with Gasteiger partial charge in [-0.3, -0.25) is 9.36 Å². The van der Waals surface area contributed by atoms with Gasteiger partial charge in [-0.15, -0.1) is 0 Å². The summed E-state index contributed by atoms with van der Waals surface area (Å²) in [6.45, 7) is 0.495. The molecule has 1 aliphatic heterocycles. The number of ketones is 1. The van der Waals surface area contributed by atoms with Crippen LogP contribution in [0.15, 0.2) is 50.5 Å². The molecule has 1 fully saturated rings. The fourth-order valence-corrected chi connectivity index (χ4v) is 5.45. The molecule has 0 N–H and O–H groups in total. The number of hydrogen-bond donors (Lipinski definition) is 0. The number of hydrogen-bond acceptors (Lipinski definition) is 6. The summed E-state index contributed by atoms with van der Waals surface area (Å²) < 4.78 is 52.6. The lowest BCUT2D eigenvalue weighted by atomic mass is 10.1. The van der Waals surface area contributed by atoms with Gasteiger partial charge in [-0.05, 0) is 43.2 Å². The fraction of sp³-hybridized carbons (Fsp3) is 0.364. The third-order valence-corrected chi connectivity index (χ3v) is 7.50. The molecule has 0 atom stereocenters. The number of oxazole rings is 1. The number of benzene rings is 2. The molecule has 0 unspecified atom stereocenters. The van der Waals surface area contributed by atoms with Crippen molar-refractivity contribution in [3.05, 3.63) is 58.3 Å². The van der Waals surface area contributed by atoms with Crippen LogP contribution in [0.4, 0.5) is 4.39 Å². The van der Waals surface area contributed by atoms with Crippen molar-refractivity contribution >= 4 is 26.9 Å². The molecule has 0 saturated carbocycles. The molecule has 32 heavy (non-hydrogen) atoms. The first kappa shape index (κ1) is 22.2. The van der Waals surface area contributed by atoms with Crippen molar-refractivity contribution in [2.75, 3.05) is 20.2 Å². The average molecular weight is 462 g/mol. The smallest absolute Gasteiger partial charge is 0.420 e. The summed E-state index contributed by atoms with van der Waals surface area (Å²) in [6, 6.07) is 7.70. The van der Waals surface area contributed by atoms with E-state index in [1.54, 1.807) is 0 Å². The number of ether oxygens (including phenoxy) is 1. The van der Waals surface area contributed by atoms with Crippen molar-refractivity contribution in [2.45, 2.75) is 37.1 Å². The molecule has 1 saturated heterocycles. The predicted molar refractivity (Wildman–Crippen MR) is 115 cm³/mol. The van der Waals surface area contributed by atoms with Gasteiger partial charge in [0, 0.05) is 19.2 Å². The lowest BCUT2D eigenvalue weighted by Crippen LogP contribution is -2.31. The van der Waals surface area contributed by atoms with Crippen molar-refractivity contribution in [1.29, 1.82) is 0 Å². The van der Waals surface area contributed by atoms with E-state index in [4.69, 9.17) is 9.15 Å². The van der Waals surface area contributed by atoms with Crippen molar-refractivity contribution < 1.29 is 26.8 Å². The number of sulfonamides is 1. The number of rotatable bonds is 6. The number of methoxy groups -OCH3 is 1. The molecule has 0 radical (unpaired) electrons. The standard InChI is InChI=1S/C22H23FN2O6S/c1-30-20-9-6-15(23)12-17(20)19(26)14-25-18-8-7-16(13-21(18)31-22(25)27)32(28,29)24-10-4-2-3-5-11-24/h6-9,12-13H,2-5,10-11,14H2,1H3. The number of fused-ring (bicyclic) bond motifs is 1. The average Bonchev–Trinajstić information content (AvgIpc) is 2.95. The third kappa shape index (κ3) is 4.20. The first-order valence-corrected chi connectivity index (χ1v) is 11.8. The SMILES string of the molecule is COc1ccc(F)cc1C(=O)Cn1c(=O)oc2cc(S(=O)(=O)N3CCCCCC3)ccc21. The molecule has 0 aliphatic carbocycles. The molecule has 10 heteroatoms. The zero-order chi connectivity index (χ0) is 22.9. The van der Waals surface area contributed by atoms with Gasteiger partial charge in [0.15, 0.2) is 11.4 Å². The van der Waals surface area contributed by atoms with Gasteiger partial charge in [-0.2, -0.15) is 4.31 Å². The molecule has 4 rings (SSSR count). The number of carbonyl (C=O) groups excluding carboxylic acids is 1. The Kier molecular flexibility index (Phi) is 6.16. The van der Waals surface area contributed by atoms with Crippen LogP contribution in [0.1, 0.15) is 36.0 Å². The summed E-state index contributed by atoms with van der Waals surface area (Å²) in [5.41, 5.74) is 0.326. The number of carbonyl (C=O) groups is 1. The zero-order valence-corrected chi connectivity index (χ0v) is 18.4. The van der Waals surface area contributed by atoms with Crippen LogP contribution in [0.25, 0.3) is 11.1 Å². The van der Waals surface area contributed by atoms with Gasteiger partial charge in [0.1, 0.15) is 11.6 Å². The Morgan fingerprint density at radius 2 is 1.81 bits per heavy atom. The second-order valence-electron chi connectivity index (χ2n) is 7.67. The fourth-order valence-electron chi connectivity index (χ4n) is 3.91. The lowest BCUT2D eigenvalue weighted by Gasteiger charge is -2.19. The third-order valence-electron chi connectivity index (χ3n) is 5.61. The summed E-state index contributed by atoms with van der Waals surface area (Å²) in [7, 11) is -2.37. The minimum absolute atomic E-state index is 0.00545. The Balaban J connectivity index is 1.67. The zero-order valence-electron chi connectivity index (χ0n) is 17.5. The van der Waals surface area contributed by atoms with Crippen LogP contribution in [-0.4, -0.2) is 43.3 Å². The van der Waals surface area contributed by atoms with Crippen molar-refractivity contribution in [3.8, 4) is 5.75 Å². The highest BCUT2D eigenvalue weighted by atomic mass is 32.2. The molecule has 0 spiro atoms. The highest BCUT2D eigenvalue weighted by molar-refractivity contribution is 7.89. The molecular formula is C22H23FN2O6S. The highest BCUT2D eigenvalue weighted by Crippen LogP contribution is 2.25. The van der Waals surface area contributed by atoms with E-state index in [-0.39, 0.29) is 27.3 Å². The maximum Gasteiger partial charge on any atom is 0.420 e. The van der Waals surface area contributed by atoms with Gasteiger partial charge < -0.3 is 9.15 Å². The molecule has 0 bridgehead atoms. The summed E-state index contributed by atoms with van der Waals surface area (Å²) in [6.07, 6.45) is 3.59. The van der Waals surface area contributed by atoms with E-state index in [2.05, 4.69) is 0 Å². The topological polar surface area (TPSA) is 98.8 Å².